The van der Waals surface area contributed by atoms with Crippen LogP contribution in [0.15, 0.2) is 6.07 Å². The lowest BCUT2D eigenvalue weighted by atomic mass is 10.0. The van der Waals surface area contributed by atoms with Crippen molar-refractivity contribution in [2.75, 3.05) is 43.0 Å². The maximum Gasteiger partial charge on any atom is 0.223 e. The number of nitrogen functional groups attached to an aromatic ring is 1. The molecular weight excluding hydrogens is 252 g/mol. The van der Waals surface area contributed by atoms with E-state index < -0.39 is 0 Å². The average molecular weight is 278 g/mol. The van der Waals surface area contributed by atoms with Gasteiger partial charge in [0.1, 0.15) is 11.6 Å². The van der Waals surface area contributed by atoms with Crippen molar-refractivity contribution in [3.05, 3.63) is 6.07 Å². The Labute approximate surface area is 121 Å². The van der Waals surface area contributed by atoms with Gasteiger partial charge in [-0.1, -0.05) is 13.3 Å². The Hall–Kier alpha value is -1.56. The van der Waals surface area contributed by atoms with Crippen molar-refractivity contribution >= 4 is 17.6 Å². The smallest absolute Gasteiger partial charge is 0.223 e. The van der Waals surface area contributed by atoms with Gasteiger partial charge in [-0.3, -0.25) is 0 Å². The van der Waals surface area contributed by atoms with E-state index >= 15 is 0 Å². The first-order chi connectivity index (χ1) is 9.69. The third-order valence-electron chi connectivity index (χ3n) is 3.74. The molecule has 6 heteroatoms. The van der Waals surface area contributed by atoms with Crippen LogP contribution in [0.3, 0.4) is 0 Å². The SMILES string of the molecule is CCCNc1cc(NCC2CCCCN2C)nc(N)n1. The van der Waals surface area contributed by atoms with Crippen LogP contribution in [0.1, 0.15) is 32.6 Å². The molecular formula is C14H26N6. The second kappa shape index (κ2) is 7.28. The normalized spacial score (nSPS) is 19.8. The first kappa shape index (κ1) is 14.8. The minimum absolute atomic E-state index is 0.311. The number of aromatic nitrogens is 2. The largest absolute Gasteiger partial charge is 0.370 e. The van der Waals surface area contributed by atoms with Gasteiger partial charge in [0, 0.05) is 25.2 Å². The lowest BCUT2D eigenvalue weighted by molar-refractivity contribution is 0.194. The van der Waals surface area contributed by atoms with Crippen molar-refractivity contribution in [1.29, 1.82) is 0 Å². The van der Waals surface area contributed by atoms with Gasteiger partial charge in [-0.2, -0.15) is 9.97 Å². The number of piperidine rings is 1. The zero-order valence-electron chi connectivity index (χ0n) is 12.5. The summed E-state index contributed by atoms with van der Waals surface area (Å²) in [6, 6.07) is 2.50. The zero-order valence-corrected chi connectivity index (χ0v) is 12.5. The lowest BCUT2D eigenvalue weighted by Gasteiger charge is -2.32. The van der Waals surface area contributed by atoms with Crippen LogP contribution in [0.2, 0.25) is 0 Å². The molecule has 1 unspecified atom stereocenters. The summed E-state index contributed by atoms with van der Waals surface area (Å²) < 4.78 is 0. The highest BCUT2D eigenvalue weighted by atomic mass is 15.2. The predicted molar refractivity (Wildman–Crippen MR) is 84.0 cm³/mol. The highest BCUT2D eigenvalue weighted by Crippen LogP contribution is 2.17. The molecule has 1 aliphatic heterocycles. The first-order valence-electron chi connectivity index (χ1n) is 7.51. The second-order valence-electron chi connectivity index (χ2n) is 5.43. The quantitative estimate of drug-likeness (QED) is 0.736. The Morgan fingerprint density at radius 1 is 1.30 bits per heavy atom. The van der Waals surface area contributed by atoms with Crippen LogP contribution in [0.4, 0.5) is 17.6 Å². The summed E-state index contributed by atoms with van der Waals surface area (Å²) >= 11 is 0. The van der Waals surface area contributed by atoms with E-state index in [4.69, 9.17) is 5.73 Å². The molecule has 1 fully saturated rings. The fraction of sp³-hybridized carbons (Fsp3) is 0.714. The summed E-state index contributed by atoms with van der Waals surface area (Å²) in [5, 5.41) is 6.63. The van der Waals surface area contributed by atoms with E-state index in [9.17, 15) is 0 Å². The molecule has 6 nitrogen and oxygen atoms in total. The van der Waals surface area contributed by atoms with Crippen LogP contribution in [0.5, 0.6) is 0 Å². The van der Waals surface area contributed by atoms with Gasteiger partial charge in [0.2, 0.25) is 5.95 Å². The zero-order chi connectivity index (χ0) is 14.4. The van der Waals surface area contributed by atoms with Crippen LogP contribution < -0.4 is 16.4 Å². The Morgan fingerprint density at radius 2 is 2.05 bits per heavy atom. The standard InChI is InChI=1S/C14H26N6/c1-3-7-16-12-9-13(19-14(15)18-12)17-10-11-6-4-5-8-20(11)2/h9,11H,3-8,10H2,1-2H3,(H4,15,16,17,18,19). The number of nitrogens with one attached hydrogen (secondary N) is 2. The summed E-state index contributed by atoms with van der Waals surface area (Å²) in [5.41, 5.74) is 5.75. The van der Waals surface area contributed by atoms with Crippen molar-refractivity contribution in [2.45, 2.75) is 38.6 Å². The van der Waals surface area contributed by atoms with Crippen LogP contribution >= 0.6 is 0 Å². The van der Waals surface area contributed by atoms with Gasteiger partial charge in [0.15, 0.2) is 0 Å². The number of anilines is 3. The predicted octanol–water partition coefficient (Wildman–Crippen LogP) is 1.78. The van der Waals surface area contributed by atoms with Crippen molar-refractivity contribution in [2.24, 2.45) is 0 Å². The number of hydrogen-bond donors (Lipinski definition) is 3. The third kappa shape index (κ3) is 4.23. The van der Waals surface area contributed by atoms with E-state index in [1.165, 1.54) is 25.8 Å². The number of nitrogens with zero attached hydrogens (tertiary/aromatic N) is 3. The number of likely N-dealkylation sites (N-methyl/N-ethyl adjacent to an activating group) is 1. The van der Waals surface area contributed by atoms with Gasteiger partial charge in [-0.15, -0.1) is 0 Å². The Morgan fingerprint density at radius 3 is 2.75 bits per heavy atom. The summed E-state index contributed by atoms with van der Waals surface area (Å²) in [7, 11) is 2.19. The van der Waals surface area contributed by atoms with Crippen LogP contribution in [0, 0.1) is 0 Å². The van der Waals surface area contributed by atoms with Gasteiger partial charge in [-0.05, 0) is 32.9 Å². The maximum atomic E-state index is 5.75. The van der Waals surface area contributed by atoms with Crippen molar-refractivity contribution < 1.29 is 0 Å². The molecule has 0 amide bonds. The van der Waals surface area contributed by atoms with Crippen LogP contribution in [-0.4, -0.2) is 47.6 Å². The molecule has 4 N–H and O–H groups in total. The molecule has 0 radical (unpaired) electrons. The Kier molecular flexibility index (Phi) is 5.40. The van der Waals surface area contributed by atoms with Gasteiger partial charge >= 0.3 is 0 Å². The minimum atomic E-state index is 0.311. The molecule has 1 aromatic heterocycles. The van der Waals surface area contributed by atoms with Gasteiger partial charge < -0.3 is 21.3 Å². The topological polar surface area (TPSA) is 79.1 Å². The molecule has 0 saturated carbocycles. The highest BCUT2D eigenvalue weighted by molar-refractivity contribution is 5.51. The average Bonchev–Trinajstić information content (AvgIpc) is 2.44. The molecule has 1 saturated heterocycles. The molecule has 2 rings (SSSR count). The van der Waals surface area contributed by atoms with E-state index in [0.717, 1.165) is 31.1 Å². The van der Waals surface area contributed by atoms with E-state index in [0.29, 0.717) is 12.0 Å². The van der Waals surface area contributed by atoms with E-state index in [1.807, 2.05) is 6.07 Å². The molecule has 0 bridgehead atoms. The van der Waals surface area contributed by atoms with E-state index in [-0.39, 0.29) is 0 Å². The monoisotopic (exact) mass is 278 g/mol. The van der Waals surface area contributed by atoms with E-state index in [1.54, 1.807) is 0 Å². The van der Waals surface area contributed by atoms with Gasteiger partial charge in [0.25, 0.3) is 0 Å². The maximum absolute atomic E-state index is 5.75. The van der Waals surface area contributed by atoms with Gasteiger partial charge in [0.05, 0.1) is 0 Å². The molecule has 0 spiro atoms. The fourth-order valence-electron chi connectivity index (χ4n) is 2.52. The van der Waals surface area contributed by atoms with Crippen molar-refractivity contribution in [3.8, 4) is 0 Å². The summed E-state index contributed by atoms with van der Waals surface area (Å²) in [4.78, 5) is 10.8. The minimum Gasteiger partial charge on any atom is -0.370 e. The molecule has 0 aromatic carbocycles. The lowest BCUT2D eigenvalue weighted by Crippen LogP contribution is -2.40. The van der Waals surface area contributed by atoms with Gasteiger partial charge in [-0.25, -0.2) is 0 Å². The molecule has 1 aliphatic rings. The number of hydrogen-bond acceptors (Lipinski definition) is 6. The highest BCUT2D eigenvalue weighted by Gasteiger charge is 2.18. The Bertz CT molecular complexity index is 422. The summed E-state index contributed by atoms with van der Waals surface area (Å²) in [6.45, 7) is 5.10. The third-order valence-corrected chi connectivity index (χ3v) is 3.74. The first-order valence-corrected chi connectivity index (χ1v) is 7.51. The van der Waals surface area contributed by atoms with Crippen molar-refractivity contribution in [3.63, 3.8) is 0 Å². The Balaban J connectivity index is 1.92. The molecule has 2 heterocycles. The number of likely N-dealkylation sites (tertiary alicyclic amines) is 1. The van der Waals surface area contributed by atoms with Crippen molar-refractivity contribution in [1.82, 2.24) is 14.9 Å². The summed E-state index contributed by atoms with van der Waals surface area (Å²) in [5.74, 6) is 1.90. The summed E-state index contributed by atoms with van der Waals surface area (Å²) in [6.07, 6.45) is 4.91. The molecule has 0 aliphatic carbocycles. The second-order valence-corrected chi connectivity index (χ2v) is 5.43. The fourth-order valence-corrected chi connectivity index (χ4v) is 2.52. The molecule has 1 aromatic rings. The molecule has 112 valence electrons. The number of nitrogens with two attached hydrogens (primary N) is 1. The number of rotatable bonds is 6. The van der Waals surface area contributed by atoms with Crippen LogP contribution in [-0.2, 0) is 0 Å². The van der Waals surface area contributed by atoms with E-state index in [2.05, 4.69) is 39.5 Å². The molecule has 20 heavy (non-hydrogen) atoms. The molecule has 1 atom stereocenters. The van der Waals surface area contributed by atoms with Crippen LogP contribution in [0.25, 0.3) is 0 Å².